The molecule has 1 rings (SSSR count). The Kier molecular flexibility index (Phi) is 6.65. The lowest BCUT2D eigenvalue weighted by Crippen LogP contribution is -2.25. The van der Waals surface area contributed by atoms with E-state index in [0.717, 1.165) is 36.8 Å². The van der Waals surface area contributed by atoms with Crippen LogP contribution in [0.4, 0.5) is 5.69 Å². The van der Waals surface area contributed by atoms with Crippen molar-refractivity contribution in [2.24, 2.45) is 5.92 Å². The number of nitrogens with one attached hydrogen (secondary N) is 1. The average Bonchev–Trinajstić information content (AvgIpc) is 2.38. The molecule has 4 nitrogen and oxygen atoms in total. The van der Waals surface area contributed by atoms with Gasteiger partial charge in [0.1, 0.15) is 5.82 Å². The lowest BCUT2D eigenvalue weighted by molar-refractivity contribution is 0.546. The van der Waals surface area contributed by atoms with E-state index in [-0.39, 0.29) is 0 Å². The minimum atomic E-state index is 0.345. The van der Waals surface area contributed by atoms with Crippen molar-refractivity contribution in [1.29, 1.82) is 0 Å². The Hall–Kier alpha value is -1.42. The first-order chi connectivity index (χ1) is 9.45. The van der Waals surface area contributed by atoms with Crippen molar-refractivity contribution in [2.45, 2.75) is 40.2 Å². The first kappa shape index (κ1) is 16.6. The molecule has 0 radical (unpaired) electrons. The van der Waals surface area contributed by atoms with E-state index >= 15 is 0 Å². The molecule has 112 valence electrons. The molecule has 0 aliphatic rings. The van der Waals surface area contributed by atoms with E-state index in [1.807, 2.05) is 19.3 Å². The molecule has 1 aromatic heterocycles. The van der Waals surface area contributed by atoms with Crippen LogP contribution in [0.5, 0.6) is 0 Å². The van der Waals surface area contributed by atoms with E-state index in [4.69, 9.17) is 4.98 Å². The number of rotatable bonds is 8. The monoisotopic (exact) mass is 276 g/mol. The lowest BCUT2D eigenvalue weighted by Gasteiger charge is -2.21. The van der Waals surface area contributed by atoms with E-state index in [1.165, 1.54) is 0 Å². The van der Waals surface area contributed by atoms with Gasteiger partial charge in [-0.1, -0.05) is 33.8 Å². The molecule has 1 N–H and O–H groups in total. The summed E-state index contributed by atoms with van der Waals surface area (Å²) in [5.74, 6) is 1.88. The second-order valence-corrected chi connectivity index (χ2v) is 5.91. The molecule has 0 amide bonds. The van der Waals surface area contributed by atoms with Crippen molar-refractivity contribution in [3.05, 3.63) is 30.4 Å². The fourth-order valence-electron chi connectivity index (χ4n) is 1.92. The van der Waals surface area contributed by atoms with Crippen molar-refractivity contribution >= 4 is 5.69 Å². The minimum Gasteiger partial charge on any atom is -0.368 e. The number of aromatic nitrogens is 2. The van der Waals surface area contributed by atoms with Crippen LogP contribution in [0.1, 0.15) is 45.1 Å². The van der Waals surface area contributed by atoms with Crippen LogP contribution in [0.15, 0.2) is 18.9 Å². The van der Waals surface area contributed by atoms with Gasteiger partial charge in [0.05, 0.1) is 17.6 Å². The van der Waals surface area contributed by atoms with Crippen molar-refractivity contribution < 1.29 is 0 Å². The third-order valence-electron chi connectivity index (χ3n) is 3.04. The summed E-state index contributed by atoms with van der Waals surface area (Å²) in [6.45, 7) is 15.0. The largest absolute Gasteiger partial charge is 0.368 e. The fraction of sp³-hybridized carbons (Fsp3) is 0.625. The highest BCUT2D eigenvalue weighted by atomic mass is 15.1. The highest BCUT2D eigenvalue weighted by Crippen LogP contribution is 2.19. The molecule has 0 bridgehead atoms. The standard InChI is InChI=1S/C16H28N4/c1-7-8-20(6)15-11-18-16(13(4)5)19-14(15)10-17-9-12(2)3/h7,11-13,17H,1,8-10H2,2-6H3. The lowest BCUT2D eigenvalue weighted by atomic mass is 10.2. The smallest absolute Gasteiger partial charge is 0.131 e. The third-order valence-corrected chi connectivity index (χ3v) is 3.04. The number of hydrogen-bond donors (Lipinski definition) is 1. The SMILES string of the molecule is C=CCN(C)c1cnc(C(C)C)nc1CNCC(C)C. The Balaban J connectivity index is 2.93. The molecule has 4 heteroatoms. The van der Waals surface area contributed by atoms with Gasteiger partial charge in [0.15, 0.2) is 0 Å². The maximum Gasteiger partial charge on any atom is 0.131 e. The zero-order valence-electron chi connectivity index (χ0n) is 13.5. The third kappa shape index (κ3) is 4.93. The molecule has 0 fully saturated rings. The molecule has 0 unspecified atom stereocenters. The van der Waals surface area contributed by atoms with Crippen molar-refractivity contribution in [3.8, 4) is 0 Å². The summed E-state index contributed by atoms with van der Waals surface area (Å²) in [4.78, 5) is 11.3. The second-order valence-electron chi connectivity index (χ2n) is 5.91. The van der Waals surface area contributed by atoms with E-state index in [2.05, 4.69) is 49.5 Å². The molecule has 1 heterocycles. The predicted octanol–water partition coefficient (Wildman–Crippen LogP) is 2.97. The van der Waals surface area contributed by atoms with Gasteiger partial charge >= 0.3 is 0 Å². The Morgan fingerprint density at radius 3 is 2.60 bits per heavy atom. The van der Waals surface area contributed by atoms with Crippen LogP contribution < -0.4 is 10.2 Å². The molecule has 1 aromatic rings. The summed E-state index contributed by atoms with van der Waals surface area (Å²) in [5, 5.41) is 3.46. The van der Waals surface area contributed by atoms with Gasteiger partial charge in [-0.05, 0) is 12.5 Å². The zero-order chi connectivity index (χ0) is 15.1. The van der Waals surface area contributed by atoms with Crippen LogP contribution in [0.25, 0.3) is 0 Å². The molecule has 0 saturated carbocycles. The molecule has 0 aromatic carbocycles. The Morgan fingerprint density at radius 2 is 2.05 bits per heavy atom. The molecule has 0 spiro atoms. The molecule has 0 aliphatic heterocycles. The van der Waals surface area contributed by atoms with Crippen LogP contribution in [0.2, 0.25) is 0 Å². The van der Waals surface area contributed by atoms with E-state index in [9.17, 15) is 0 Å². The topological polar surface area (TPSA) is 41.1 Å². The maximum atomic E-state index is 4.72. The molecule has 0 saturated heterocycles. The highest BCUT2D eigenvalue weighted by Gasteiger charge is 2.12. The summed E-state index contributed by atoms with van der Waals surface area (Å²) < 4.78 is 0. The summed E-state index contributed by atoms with van der Waals surface area (Å²) >= 11 is 0. The molecule has 20 heavy (non-hydrogen) atoms. The van der Waals surface area contributed by atoms with E-state index in [0.29, 0.717) is 11.8 Å². The summed E-state index contributed by atoms with van der Waals surface area (Å²) in [6, 6.07) is 0. The first-order valence-corrected chi connectivity index (χ1v) is 7.34. The van der Waals surface area contributed by atoms with Crippen LogP contribution in [0, 0.1) is 5.92 Å². The van der Waals surface area contributed by atoms with Gasteiger partial charge in [-0.15, -0.1) is 6.58 Å². The molecular weight excluding hydrogens is 248 g/mol. The fourth-order valence-corrected chi connectivity index (χ4v) is 1.92. The highest BCUT2D eigenvalue weighted by molar-refractivity contribution is 5.49. The number of nitrogens with zero attached hydrogens (tertiary/aromatic N) is 3. The molecule has 0 atom stereocenters. The van der Waals surface area contributed by atoms with Crippen molar-refractivity contribution in [1.82, 2.24) is 15.3 Å². The van der Waals surface area contributed by atoms with Gasteiger partial charge in [0.25, 0.3) is 0 Å². The molecule has 0 aliphatic carbocycles. The second kappa shape index (κ2) is 8.00. The minimum absolute atomic E-state index is 0.345. The molecular formula is C16H28N4. The van der Waals surface area contributed by atoms with Gasteiger partial charge in [-0.2, -0.15) is 0 Å². The van der Waals surface area contributed by atoms with Gasteiger partial charge in [0, 0.05) is 26.1 Å². The zero-order valence-corrected chi connectivity index (χ0v) is 13.5. The van der Waals surface area contributed by atoms with E-state index in [1.54, 1.807) is 0 Å². The van der Waals surface area contributed by atoms with Gasteiger partial charge in [-0.3, -0.25) is 0 Å². The van der Waals surface area contributed by atoms with Crippen molar-refractivity contribution in [3.63, 3.8) is 0 Å². The maximum absolute atomic E-state index is 4.72. The number of hydrogen-bond acceptors (Lipinski definition) is 4. The van der Waals surface area contributed by atoms with Gasteiger partial charge in [-0.25, -0.2) is 9.97 Å². The Labute approximate surface area is 123 Å². The van der Waals surface area contributed by atoms with Gasteiger partial charge in [0.2, 0.25) is 0 Å². The average molecular weight is 276 g/mol. The Morgan fingerprint density at radius 1 is 1.35 bits per heavy atom. The predicted molar refractivity (Wildman–Crippen MR) is 86.1 cm³/mol. The number of likely N-dealkylation sites (N-methyl/N-ethyl adjacent to an activating group) is 1. The van der Waals surface area contributed by atoms with Gasteiger partial charge < -0.3 is 10.2 Å². The van der Waals surface area contributed by atoms with Crippen LogP contribution in [-0.4, -0.2) is 30.1 Å². The van der Waals surface area contributed by atoms with Crippen LogP contribution in [-0.2, 0) is 6.54 Å². The quantitative estimate of drug-likeness (QED) is 0.741. The summed E-state index contributed by atoms with van der Waals surface area (Å²) in [7, 11) is 2.04. The van der Waals surface area contributed by atoms with Crippen LogP contribution in [0.3, 0.4) is 0 Å². The summed E-state index contributed by atoms with van der Waals surface area (Å²) in [5.41, 5.74) is 2.14. The normalized spacial score (nSPS) is 11.2. The van der Waals surface area contributed by atoms with E-state index < -0.39 is 0 Å². The summed E-state index contributed by atoms with van der Waals surface area (Å²) in [6.07, 6.45) is 3.82. The Bertz CT molecular complexity index is 426. The van der Waals surface area contributed by atoms with Crippen LogP contribution >= 0.6 is 0 Å². The number of anilines is 1. The first-order valence-electron chi connectivity index (χ1n) is 7.34. The van der Waals surface area contributed by atoms with Crippen molar-refractivity contribution in [2.75, 3.05) is 25.0 Å².